The predicted octanol–water partition coefficient (Wildman–Crippen LogP) is 0.212. The standard InChI is InChI=1S/C18H31N3O4S/c1-19-8-10-21(11-9-19)18(23)15-5-3-14(4-6-15)17(22)20(2)16-7-12-26(24,25)13-16/h14-16H,3-13H2,1-2H3. The summed E-state index contributed by atoms with van der Waals surface area (Å²) in [6.07, 6.45) is 3.53. The van der Waals surface area contributed by atoms with Crippen molar-refractivity contribution in [3.8, 4) is 0 Å². The number of nitrogens with zero attached hydrogens (tertiary/aromatic N) is 3. The number of amides is 2. The number of sulfone groups is 1. The molecule has 2 saturated heterocycles. The van der Waals surface area contributed by atoms with Crippen LogP contribution >= 0.6 is 0 Å². The quantitative estimate of drug-likeness (QED) is 0.694. The Morgan fingerprint density at radius 3 is 2.04 bits per heavy atom. The van der Waals surface area contributed by atoms with Crippen LogP contribution in [0.2, 0.25) is 0 Å². The van der Waals surface area contributed by atoms with Gasteiger partial charge < -0.3 is 14.7 Å². The first-order valence-corrected chi connectivity index (χ1v) is 11.5. The number of carbonyl (C=O) groups excluding carboxylic acids is 2. The Morgan fingerprint density at radius 2 is 1.50 bits per heavy atom. The Labute approximate surface area is 156 Å². The number of hydrogen-bond donors (Lipinski definition) is 0. The average Bonchev–Trinajstić information content (AvgIpc) is 3.00. The largest absolute Gasteiger partial charge is 0.341 e. The Hall–Kier alpha value is -1.15. The lowest BCUT2D eigenvalue weighted by molar-refractivity contribution is -0.142. The molecular formula is C18H31N3O4S. The number of rotatable bonds is 3. The van der Waals surface area contributed by atoms with Gasteiger partial charge in [0.2, 0.25) is 11.8 Å². The lowest BCUT2D eigenvalue weighted by atomic mass is 9.80. The third-order valence-electron chi connectivity index (χ3n) is 6.34. The molecule has 3 aliphatic rings. The van der Waals surface area contributed by atoms with Gasteiger partial charge in [0.05, 0.1) is 11.5 Å². The molecule has 0 aromatic carbocycles. The molecule has 3 fully saturated rings. The summed E-state index contributed by atoms with van der Waals surface area (Å²) >= 11 is 0. The fourth-order valence-corrected chi connectivity index (χ4v) is 6.20. The van der Waals surface area contributed by atoms with Gasteiger partial charge in [-0.05, 0) is 39.2 Å². The van der Waals surface area contributed by atoms with Crippen LogP contribution in [0.1, 0.15) is 32.1 Å². The van der Waals surface area contributed by atoms with Crippen LogP contribution in [0.25, 0.3) is 0 Å². The van der Waals surface area contributed by atoms with E-state index < -0.39 is 9.84 Å². The first kappa shape index (κ1) is 19.6. The van der Waals surface area contributed by atoms with E-state index in [1.807, 2.05) is 4.90 Å². The van der Waals surface area contributed by atoms with Crippen molar-refractivity contribution in [3.05, 3.63) is 0 Å². The maximum atomic E-state index is 12.7. The van der Waals surface area contributed by atoms with E-state index in [0.717, 1.165) is 51.9 Å². The number of piperazine rings is 1. The third-order valence-corrected chi connectivity index (χ3v) is 8.09. The van der Waals surface area contributed by atoms with Gasteiger partial charge in [-0.2, -0.15) is 0 Å². The SMILES string of the molecule is CN1CCN(C(=O)C2CCC(C(=O)N(C)C3CCS(=O)(=O)C3)CC2)CC1. The zero-order chi connectivity index (χ0) is 18.9. The van der Waals surface area contributed by atoms with E-state index in [0.29, 0.717) is 6.42 Å². The van der Waals surface area contributed by atoms with Gasteiger partial charge in [0, 0.05) is 51.1 Å². The maximum absolute atomic E-state index is 12.7. The molecule has 1 unspecified atom stereocenters. The molecular weight excluding hydrogens is 354 g/mol. The Balaban J connectivity index is 1.48. The molecule has 26 heavy (non-hydrogen) atoms. The maximum Gasteiger partial charge on any atom is 0.225 e. The van der Waals surface area contributed by atoms with Crippen molar-refractivity contribution in [1.29, 1.82) is 0 Å². The van der Waals surface area contributed by atoms with Crippen LogP contribution in [0.15, 0.2) is 0 Å². The molecule has 0 aromatic heterocycles. The molecule has 0 radical (unpaired) electrons. The van der Waals surface area contributed by atoms with Crippen molar-refractivity contribution < 1.29 is 18.0 Å². The van der Waals surface area contributed by atoms with E-state index in [4.69, 9.17) is 0 Å². The molecule has 0 N–H and O–H groups in total. The molecule has 0 aromatic rings. The van der Waals surface area contributed by atoms with E-state index in [9.17, 15) is 18.0 Å². The number of likely N-dealkylation sites (N-methyl/N-ethyl adjacent to an activating group) is 1. The van der Waals surface area contributed by atoms with Crippen molar-refractivity contribution in [2.24, 2.45) is 11.8 Å². The number of hydrogen-bond acceptors (Lipinski definition) is 5. The van der Waals surface area contributed by atoms with Gasteiger partial charge in [-0.1, -0.05) is 0 Å². The molecule has 2 heterocycles. The van der Waals surface area contributed by atoms with Crippen LogP contribution in [0.5, 0.6) is 0 Å². The first-order chi connectivity index (χ1) is 12.3. The minimum atomic E-state index is -2.99. The molecule has 0 bridgehead atoms. The summed E-state index contributed by atoms with van der Waals surface area (Å²) in [6, 6.07) is -0.183. The van der Waals surface area contributed by atoms with Crippen molar-refractivity contribution >= 4 is 21.7 Å². The van der Waals surface area contributed by atoms with Crippen LogP contribution < -0.4 is 0 Å². The molecule has 2 amide bonds. The Kier molecular flexibility index (Phi) is 5.91. The smallest absolute Gasteiger partial charge is 0.225 e. The van der Waals surface area contributed by atoms with Crippen molar-refractivity contribution in [1.82, 2.24) is 14.7 Å². The normalized spacial score (nSPS) is 32.4. The van der Waals surface area contributed by atoms with Gasteiger partial charge in [0.25, 0.3) is 0 Å². The molecule has 2 aliphatic heterocycles. The molecule has 3 rings (SSSR count). The van der Waals surface area contributed by atoms with Crippen molar-refractivity contribution in [2.45, 2.75) is 38.1 Å². The lowest BCUT2D eigenvalue weighted by Crippen LogP contribution is -2.49. The lowest BCUT2D eigenvalue weighted by Gasteiger charge is -2.37. The molecule has 1 saturated carbocycles. The van der Waals surface area contributed by atoms with Crippen molar-refractivity contribution in [3.63, 3.8) is 0 Å². The average molecular weight is 386 g/mol. The fourth-order valence-electron chi connectivity index (χ4n) is 4.42. The predicted molar refractivity (Wildman–Crippen MR) is 99.4 cm³/mol. The van der Waals surface area contributed by atoms with Gasteiger partial charge in [-0.3, -0.25) is 9.59 Å². The summed E-state index contributed by atoms with van der Waals surface area (Å²) in [5.74, 6) is 0.546. The zero-order valence-electron chi connectivity index (χ0n) is 15.9. The molecule has 148 valence electrons. The summed E-state index contributed by atoms with van der Waals surface area (Å²) in [4.78, 5) is 31.3. The molecule has 1 aliphatic carbocycles. The highest BCUT2D eigenvalue weighted by molar-refractivity contribution is 7.91. The summed E-state index contributed by atoms with van der Waals surface area (Å²) in [5.41, 5.74) is 0. The van der Waals surface area contributed by atoms with Gasteiger partial charge in [0.1, 0.15) is 0 Å². The highest BCUT2D eigenvalue weighted by Crippen LogP contribution is 2.32. The van der Waals surface area contributed by atoms with Gasteiger partial charge in [0.15, 0.2) is 9.84 Å². The molecule has 8 heteroatoms. The van der Waals surface area contributed by atoms with Crippen LogP contribution in [0.3, 0.4) is 0 Å². The van der Waals surface area contributed by atoms with E-state index in [1.165, 1.54) is 0 Å². The van der Waals surface area contributed by atoms with Gasteiger partial charge in [-0.25, -0.2) is 8.42 Å². The highest BCUT2D eigenvalue weighted by atomic mass is 32.2. The second-order valence-electron chi connectivity index (χ2n) is 8.18. The van der Waals surface area contributed by atoms with Gasteiger partial charge >= 0.3 is 0 Å². The summed E-state index contributed by atoms with van der Waals surface area (Å²) in [5, 5.41) is 0. The first-order valence-electron chi connectivity index (χ1n) is 9.71. The Morgan fingerprint density at radius 1 is 0.923 bits per heavy atom. The Bertz CT molecular complexity index is 635. The fraction of sp³-hybridized carbons (Fsp3) is 0.889. The van der Waals surface area contributed by atoms with Crippen LogP contribution in [0.4, 0.5) is 0 Å². The van der Waals surface area contributed by atoms with Crippen LogP contribution in [-0.2, 0) is 19.4 Å². The van der Waals surface area contributed by atoms with E-state index in [2.05, 4.69) is 11.9 Å². The summed E-state index contributed by atoms with van der Waals surface area (Å²) in [7, 11) is 0.817. The van der Waals surface area contributed by atoms with E-state index in [1.54, 1.807) is 11.9 Å². The summed E-state index contributed by atoms with van der Waals surface area (Å²) in [6.45, 7) is 3.45. The number of carbonyl (C=O) groups is 2. The second-order valence-corrected chi connectivity index (χ2v) is 10.4. The molecule has 7 nitrogen and oxygen atoms in total. The second kappa shape index (κ2) is 7.84. The van der Waals surface area contributed by atoms with Crippen LogP contribution in [0, 0.1) is 11.8 Å². The molecule has 0 spiro atoms. The monoisotopic (exact) mass is 385 g/mol. The van der Waals surface area contributed by atoms with Crippen LogP contribution in [-0.4, -0.2) is 92.8 Å². The topological polar surface area (TPSA) is 78.0 Å². The van der Waals surface area contributed by atoms with E-state index >= 15 is 0 Å². The third kappa shape index (κ3) is 4.39. The van der Waals surface area contributed by atoms with Gasteiger partial charge in [-0.15, -0.1) is 0 Å². The van der Waals surface area contributed by atoms with Crippen molar-refractivity contribution in [2.75, 3.05) is 51.8 Å². The minimum Gasteiger partial charge on any atom is -0.341 e. The summed E-state index contributed by atoms with van der Waals surface area (Å²) < 4.78 is 23.3. The zero-order valence-corrected chi connectivity index (χ0v) is 16.7. The highest BCUT2D eigenvalue weighted by Gasteiger charge is 2.37. The molecule has 1 atom stereocenters. The van der Waals surface area contributed by atoms with E-state index in [-0.39, 0.29) is 41.2 Å². The minimum absolute atomic E-state index is 0.0413.